The van der Waals surface area contributed by atoms with Crippen molar-refractivity contribution in [3.8, 4) is 17.6 Å². The topological polar surface area (TPSA) is 71.3 Å². The normalized spacial score (nSPS) is 10.7. The van der Waals surface area contributed by atoms with Crippen molar-refractivity contribution >= 4 is 17.7 Å². The van der Waals surface area contributed by atoms with Crippen molar-refractivity contribution in [2.45, 2.75) is 6.92 Å². The van der Waals surface area contributed by atoms with E-state index < -0.39 is 5.91 Å². The molecule has 122 valence electrons. The number of carbonyl (C=O) groups is 1. The zero-order valence-electron chi connectivity index (χ0n) is 13.8. The van der Waals surface area contributed by atoms with E-state index in [1.807, 2.05) is 19.1 Å². The quantitative estimate of drug-likeness (QED) is 0.675. The van der Waals surface area contributed by atoms with E-state index in [2.05, 4.69) is 5.32 Å². The molecule has 0 atom stereocenters. The molecule has 2 aromatic carbocycles. The van der Waals surface area contributed by atoms with Gasteiger partial charge in [0.1, 0.15) is 23.1 Å². The average molecular weight is 322 g/mol. The highest BCUT2D eigenvalue weighted by molar-refractivity contribution is 6.09. The van der Waals surface area contributed by atoms with Crippen molar-refractivity contribution in [3.63, 3.8) is 0 Å². The van der Waals surface area contributed by atoms with Crippen LogP contribution in [0, 0.1) is 18.3 Å². The lowest BCUT2D eigenvalue weighted by Crippen LogP contribution is -2.13. The number of nitrogens with zero attached hydrogens (tertiary/aromatic N) is 1. The summed E-state index contributed by atoms with van der Waals surface area (Å²) < 4.78 is 10.3. The minimum atomic E-state index is -0.462. The van der Waals surface area contributed by atoms with Gasteiger partial charge >= 0.3 is 0 Å². The van der Waals surface area contributed by atoms with Crippen LogP contribution in [-0.2, 0) is 4.79 Å². The molecule has 0 radical (unpaired) electrons. The Morgan fingerprint density at radius 3 is 2.38 bits per heavy atom. The highest BCUT2D eigenvalue weighted by Crippen LogP contribution is 2.21. The van der Waals surface area contributed by atoms with Gasteiger partial charge in [-0.15, -0.1) is 0 Å². The Labute approximate surface area is 141 Å². The molecule has 0 bridgehead atoms. The summed E-state index contributed by atoms with van der Waals surface area (Å²) in [5, 5.41) is 12.0. The average Bonchev–Trinajstić information content (AvgIpc) is 2.60. The van der Waals surface area contributed by atoms with E-state index in [0.29, 0.717) is 11.4 Å². The second kappa shape index (κ2) is 7.84. The monoisotopic (exact) mass is 322 g/mol. The number of nitriles is 1. The maximum absolute atomic E-state index is 12.3. The second-order valence-electron chi connectivity index (χ2n) is 5.08. The van der Waals surface area contributed by atoms with Crippen molar-refractivity contribution in [1.29, 1.82) is 5.26 Å². The Bertz CT molecular complexity index is 802. The molecule has 0 saturated carbocycles. The first-order valence-corrected chi connectivity index (χ1v) is 7.29. The first-order chi connectivity index (χ1) is 11.6. The fourth-order valence-corrected chi connectivity index (χ4v) is 2.18. The summed E-state index contributed by atoms with van der Waals surface area (Å²) in [6.07, 6.45) is 1.55. The predicted molar refractivity (Wildman–Crippen MR) is 92.9 cm³/mol. The molecule has 24 heavy (non-hydrogen) atoms. The van der Waals surface area contributed by atoms with E-state index >= 15 is 0 Å². The summed E-state index contributed by atoms with van der Waals surface area (Å²) in [5.41, 5.74) is 2.30. The molecule has 0 aliphatic carbocycles. The van der Waals surface area contributed by atoms with Gasteiger partial charge in [-0.1, -0.05) is 6.07 Å². The zero-order valence-corrected chi connectivity index (χ0v) is 13.8. The fourth-order valence-electron chi connectivity index (χ4n) is 2.18. The summed E-state index contributed by atoms with van der Waals surface area (Å²) in [4.78, 5) is 12.3. The molecule has 0 heterocycles. The van der Waals surface area contributed by atoms with Gasteiger partial charge in [-0.25, -0.2) is 0 Å². The molecule has 1 N–H and O–H groups in total. The number of carbonyl (C=O) groups excluding carboxylic acids is 1. The molecule has 0 spiro atoms. The van der Waals surface area contributed by atoms with Crippen molar-refractivity contribution in [2.24, 2.45) is 0 Å². The molecule has 0 aliphatic rings. The molecule has 2 aromatic rings. The number of benzene rings is 2. The minimum absolute atomic E-state index is 0.0235. The Balaban J connectivity index is 2.18. The number of ether oxygens (including phenoxy) is 2. The third-order valence-electron chi connectivity index (χ3n) is 3.44. The fraction of sp³-hybridized carbons (Fsp3) is 0.158. The largest absolute Gasteiger partial charge is 0.497 e. The first kappa shape index (κ1) is 17.1. The Morgan fingerprint density at radius 1 is 1.12 bits per heavy atom. The van der Waals surface area contributed by atoms with Crippen LogP contribution in [0.25, 0.3) is 6.08 Å². The second-order valence-corrected chi connectivity index (χ2v) is 5.08. The van der Waals surface area contributed by atoms with Crippen molar-refractivity contribution in [2.75, 3.05) is 19.5 Å². The van der Waals surface area contributed by atoms with Gasteiger partial charge in [0.05, 0.1) is 14.2 Å². The maximum atomic E-state index is 12.3. The molecule has 0 aliphatic heterocycles. The summed E-state index contributed by atoms with van der Waals surface area (Å²) in [7, 11) is 3.17. The lowest BCUT2D eigenvalue weighted by atomic mass is 10.1. The highest BCUT2D eigenvalue weighted by atomic mass is 16.5. The van der Waals surface area contributed by atoms with E-state index in [4.69, 9.17) is 9.47 Å². The summed E-state index contributed by atoms with van der Waals surface area (Å²) in [6.45, 7) is 1.90. The molecule has 5 heteroatoms. The Hall–Kier alpha value is -3.26. The SMILES string of the molecule is COc1ccc(NC(=O)C(C#N)=Cc2ccc(OC)c(C)c2)cc1. The molecule has 5 nitrogen and oxygen atoms in total. The lowest BCUT2D eigenvalue weighted by Gasteiger charge is -2.07. The van der Waals surface area contributed by atoms with Gasteiger partial charge in [0.25, 0.3) is 5.91 Å². The van der Waals surface area contributed by atoms with E-state index in [1.165, 1.54) is 0 Å². The Kier molecular flexibility index (Phi) is 5.58. The van der Waals surface area contributed by atoms with Crippen LogP contribution in [-0.4, -0.2) is 20.1 Å². The van der Waals surface area contributed by atoms with Crippen LogP contribution in [0.15, 0.2) is 48.0 Å². The van der Waals surface area contributed by atoms with Gasteiger partial charge in [0.2, 0.25) is 0 Å². The first-order valence-electron chi connectivity index (χ1n) is 7.29. The smallest absolute Gasteiger partial charge is 0.266 e. The predicted octanol–water partition coefficient (Wildman–Crippen LogP) is 3.56. The number of hydrogen-bond acceptors (Lipinski definition) is 4. The molecule has 0 saturated heterocycles. The van der Waals surface area contributed by atoms with E-state index in [-0.39, 0.29) is 5.57 Å². The van der Waals surface area contributed by atoms with Crippen LogP contribution in [0.4, 0.5) is 5.69 Å². The van der Waals surface area contributed by atoms with E-state index in [0.717, 1.165) is 16.9 Å². The van der Waals surface area contributed by atoms with Crippen LogP contribution in [0.1, 0.15) is 11.1 Å². The molecule has 0 fully saturated rings. The third-order valence-corrected chi connectivity index (χ3v) is 3.44. The number of aryl methyl sites for hydroxylation is 1. The number of rotatable bonds is 5. The van der Waals surface area contributed by atoms with Gasteiger partial charge in [0, 0.05) is 5.69 Å². The van der Waals surface area contributed by atoms with Crippen LogP contribution >= 0.6 is 0 Å². The number of methoxy groups -OCH3 is 2. The van der Waals surface area contributed by atoms with Gasteiger partial charge < -0.3 is 14.8 Å². The number of hydrogen-bond donors (Lipinski definition) is 1. The number of anilines is 1. The molecular weight excluding hydrogens is 304 g/mol. The molecule has 2 rings (SSSR count). The lowest BCUT2D eigenvalue weighted by molar-refractivity contribution is -0.112. The minimum Gasteiger partial charge on any atom is -0.497 e. The molecule has 1 amide bonds. The molecule has 0 aromatic heterocycles. The van der Waals surface area contributed by atoms with Crippen LogP contribution in [0.3, 0.4) is 0 Å². The van der Waals surface area contributed by atoms with Gasteiger partial charge in [-0.05, 0) is 60.5 Å². The zero-order chi connectivity index (χ0) is 17.5. The summed E-state index contributed by atoms with van der Waals surface area (Å²) in [6, 6.07) is 14.3. The van der Waals surface area contributed by atoms with Crippen molar-refractivity contribution < 1.29 is 14.3 Å². The van der Waals surface area contributed by atoms with Gasteiger partial charge in [-0.3, -0.25) is 4.79 Å². The third kappa shape index (κ3) is 4.14. The maximum Gasteiger partial charge on any atom is 0.266 e. The molecular formula is C19H18N2O3. The van der Waals surface area contributed by atoms with E-state index in [9.17, 15) is 10.1 Å². The Morgan fingerprint density at radius 2 is 1.83 bits per heavy atom. The van der Waals surface area contributed by atoms with Crippen LogP contribution in [0.2, 0.25) is 0 Å². The summed E-state index contributed by atoms with van der Waals surface area (Å²) >= 11 is 0. The van der Waals surface area contributed by atoms with Crippen molar-refractivity contribution in [1.82, 2.24) is 0 Å². The standard InChI is InChI=1S/C19H18N2O3/c1-13-10-14(4-9-18(13)24-3)11-15(12-20)19(22)21-16-5-7-17(23-2)8-6-16/h4-11H,1-3H3,(H,21,22). The van der Waals surface area contributed by atoms with E-state index in [1.54, 1.807) is 56.7 Å². The van der Waals surface area contributed by atoms with Crippen LogP contribution in [0.5, 0.6) is 11.5 Å². The summed E-state index contributed by atoms with van der Waals surface area (Å²) in [5.74, 6) is 0.988. The van der Waals surface area contributed by atoms with Gasteiger partial charge in [-0.2, -0.15) is 5.26 Å². The number of amides is 1. The molecule has 0 unspecified atom stereocenters. The number of nitrogens with one attached hydrogen (secondary N) is 1. The van der Waals surface area contributed by atoms with Gasteiger partial charge in [0.15, 0.2) is 0 Å². The van der Waals surface area contributed by atoms with Crippen LogP contribution < -0.4 is 14.8 Å². The van der Waals surface area contributed by atoms with Crippen molar-refractivity contribution in [3.05, 3.63) is 59.2 Å². The highest BCUT2D eigenvalue weighted by Gasteiger charge is 2.10.